The van der Waals surface area contributed by atoms with Gasteiger partial charge in [0.1, 0.15) is 0 Å². The molecule has 184 valence electrons. The lowest BCUT2D eigenvalue weighted by Gasteiger charge is -2.32. The highest BCUT2D eigenvalue weighted by Gasteiger charge is 2.33. The normalized spacial score (nSPS) is 16.0. The number of ether oxygens (including phenoxy) is 2. The Morgan fingerprint density at radius 2 is 0.848 bits per heavy atom. The Morgan fingerprint density at radius 1 is 0.606 bits per heavy atom. The van der Waals surface area contributed by atoms with Gasteiger partial charge in [-0.3, -0.25) is 0 Å². The van der Waals surface area contributed by atoms with Crippen LogP contribution >= 0.6 is 46.4 Å². The Balaban J connectivity index is 2.48. The second kappa shape index (κ2) is 10.0. The molecule has 33 heavy (non-hydrogen) atoms. The van der Waals surface area contributed by atoms with Gasteiger partial charge in [0.05, 0.1) is 20.1 Å². The smallest absolute Gasteiger partial charge is 0.207 e. The minimum Gasteiger partial charge on any atom is -0.459 e. The van der Waals surface area contributed by atoms with Gasteiger partial charge in [-0.1, -0.05) is 87.9 Å². The van der Waals surface area contributed by atoms with Crippen molar-refractivity contribution in [3.63, 3.8) is 0 Å². The van der Waals surface area contributed by atoms with Crippen molar-refractivity contribution in [2.24, 2.45) is 11.8 Å². The van der Waals surface area contributed by atoms with Crippen molar-refractivity contribution in [3.8, 4) is 11.5 Å². The first-order valence-electron chi connectivity index (χ1n) is 10.7. The van der Waals surface area contributed by atoms with E-state index in [-0.39, 0.29) is 43.4 Å². The third-order valence-corrected chi connectivity index (χ3v) is 7.32. The molecule has 0 amide bonds. The zero-order valence-electron chi connectivity index (χ0n) is 20.2. The second-order valence-corrected chi connectivity index (χ2v) is 11.4. The zero-order chi connectivity index (χ0) is 25.5. The van der Waals surface area contributed by atoms with Crippen molar-refractivity contribution in [1.29, 1.82) is 0 Å². The largest absolute Gasteiger partial charge is 0.459 e. The summed E-state index contributed by atoms with van der Waals surface area (Å²) in [5.41, 5.74) is 0.992. The van der Waals surface area contributed by atoms with E-state index in [1.54, 1.807) is 38.1 Å². The van der Waals surface area contributed by atoms with E-state index in [0.717, 1.165) is 11.1 Å². The number of hydrogen-bond donors (Lipinski definition) is 2. The van der Waals surface area contributed by atoms with E-state index >= 15 is 0 Å². The molecular weight excluding hydrogens is 506 g/mol. The summed E-state index contributed by atoms with van der Waals surface area (Å²) in [5.74, 6) is -2.79. The Morgan fingerprint density at radius 3 is 1.06 bits per heavy atom. The fourth-order valence-corrected chi connectivity index (χ4v) is 3.98. The van der Waals surface area contributed by atoms with E-state index in [1.807, 2.05) is 41.5 Å². The molecule has 0 spiro atoms. The summed E-state index contributed by atoms with van der Waals surface area (Å²) in [5, 5.41) is 22.1. The van der Waals surface area contributed by atoms with Crippen LogP contribution < -0.4 is 9.47 Å². The van der Waals surface area contributed by atoms with Crippen LogP contribution in [0.25, 0.3) is 0 Å². The lowest BCUT2D eigenvalue weighted by molar-refractivity contribution is -0.154. The fraction of sp³-hybridized carbons (Fsp3) is 0.520. The van der Waals surface area contributed by atoms with Crippen LogP contribution in [0.1, 0.15) is 66.5 Å². The maximum atomic E-state index is 10.5. The number of aliphatic hydroxyl groups is 2. The Hall–Kier alpha value is -0.880. The van der Waals surface area contributed by atoms with Crippen LogP contribution in [0.15, 0.2) is 24.3 Å². The van der Waals surface area contributed by atoms with E-state index in [1.165, 1.54) is 0 Å². The molecule has 0 aliphatic heterocycles. The van der Waals surface area contributed by atoms with E-state index in [4.69, 9.17) is 55.9 Å². The molecule has 0 fully saturated rings. The Kier molecular flexibility index (Phi) is 8.60. The van der Waals surface area contributed by atoms with Crippen LogP contribution in [-0.4, -0.2) is 21.8 Å². The Bertz CT molecular complexity index is 888. The summed E-state index contributed by atoms with van der Waals surface area (Å²) < 4.78 is 11.5. The molecular formula is C25H32Cl4O4. The van der Waals surface area contributed by atoms with E-state index in [0.29, 0.717) is 0 Å². The number of hydrogen-bond acceptors (Lipinski definition) is 4. The molecule has 0 aromatic heterocycles. The van der Waals surface area contributed by atoms with Crippen molar-refractivity contribution in [1.82, 2.24) is 0 Å². The van der Waals surface area contributed by atoms with Crippen LogP contribution in [0, 0.1) is 11.8 Å². The van der Waals surface area contributed by atoms with Gasteiger partial charge >= 0.3 is 0 Å². The first-order chi connectivity index (χ1) is 14.9. The molecule has 2 unspecified atom stereocenters. The van der Waals surface area contributed by atoms with Crippen LogP contribution in [0.3, 0.4) is 0 Å². The lowest BCUT2D eigenvalue weighted by atomic mass is 9.78. The van der Waals surface area contributed by atoms with Gasteiger partial charge in [-0.05, 0) is 35.4 Å². The van der Waals surface area contributed by atoms with Crippen LogP contribution in [0.2, 0.25) is 20.1 Å². The SMILES string of the molecule is CC(C)C(C)(O)Oc1c(Cl)cc(C(C)(C)c2cc(Cl)c(OC(C)(O)C(C)C)c(Cl)c2)cc1Cl. The first kappa shape index (κ1) is 28.4. The van der Waals surface area contributed by atoms with Gasteiger partial charge in [0, 0.05) is 31.1 Å². The van der Waals surface area contributed by atoms with Crippen LogP contribution in [0.5, 0.6) is 11.5 Å². The summed E-state index contributed by atoms with van der Waals surface area (Å²) in [7, 11) is 0. The molecule has 0 aliphatic rings. The van der Waals surface area contributed by atoms with Crippen molar-refractivity contribution in [2.45, 2.75) is 72.4 Å². The van der Waals surface area contributed by atoms with Crippen molar-refractivity contribution in [3.05, 3.63) is 55.5 Å². The quantitative estimate of drug-likeness (QED) is 0.334. The summed E-state index contributed by atoms with van der Waals surface area (Å²) in [6.07, 6.45) is 0. The predicted molar refractivity (Wildman–Crippen MR) is 137 cm³/mol. The highest BCUT2D eigenvalue weighted by atomic mass is 35.5. The molecule has 0 bridgehead atoms. The molecule has 4 nitrogen and oxygen atoms in total. The van der Waals surface area contributed by atoms with Gasteiger partial charge in [-0.2, -0.15) is 0 Å². The van der Waals surface area contributed by atoms with Gasteiger partial charge in [0.25, 0.3) is 0 Å². The zero-order valence-corrected chi connectivity index (χ0v) is 23.2. The maximum absolute atomic E-state index is 10.5. The van der Waals surface area contributed by atoms with Crippen molar-refractivity contribution in [2.75, 3.05) is 0 Å². The standard InChI is InChI=1S/C25H32Cl4O4/c1-13(2)24(7,30)32-21-17(26)9-15(10-18(21)27)23(5,6)16-11-19(28)22(20(29)12-16)33-25(8,31)14(3)4/h9-14,30-31H,1-8H3. The number of rotatable bonds is 8. The van der Waals surface area contributed by atoms with Gasteiger partial charge in [-0.25, -0.2) is 0 Å². The molecule has 0 aliphatic carbocycles. The van der Waals surface area contributed by atoms with Gasteiger partial charge in [-0.15, -0.1) is 0 Å². The average molecular weight is 538 g/mol. The minimum absolute atomic E-state index is 0.178. The number of benzene rings is 2. The third-order valence-electron chi connectivity index (χ3n) is 6.20. The van der Waals surface area contributed by atoms with Gasteiger partial charge in [0.2, 0.25) is 11.6 Å². The van der Waals surface area contributed by atoms with Crippen molar-refractivity contribution < 1.29 is 19.7 Å². The fourth-order valence-electron chi connectivity index (χ4n) is 2.85. The molecule has 2 N–H and O–H groups in total. The molecule has 0 saturated carbocycles. The summed E-state index contributed by atoms with van der Waals surface area (Å²) in [4.78, 5) is 0. The van der Waals surface area contributed by atoms with Crippen LogP contribution in [0.4, 0.5) is 0 Å². The third kappa shape index (κ3) is 6.22. The molecule has 2 atom stereocenters. The minimum atomic E-state index is -1.43. The maximum Gasteiger partial charge on any atom is 0.207 e. The monoisotopic (exact) mass is 536 g/mol. The average Bonchev–Trinajstić information content (AvgIpc) is 2.66. The van der Waals surface area contributed by atoms with Crippen LogP contribution in [-0.2, 0) is 5.41 Å². The number of halogens is 4. The van der Waals surface area contributed by atoms with Crippen molar-refractivity contribution >= 4 is 46.4 Å². The second-order valence-electron chi connectivity index (χ2n) is 9.79. The molecule has 0 heterocycles. The van der Waals surface area contributed by atoms with E-state index in [9.17, 15) is 10.2 Å². The highest BCUT2D eigenvalue weighted by Crippen LogP contribution is 2.45. The summed E-state index contributed by atoms with van der Waals surface area (Å²) in [6, 6.07) is 6.98. The molecule has 8 heteroatoms. The molecule has 2 aromatic rings. The highest BCUT2D eigenvalue weighted by molar-refractivity contribution is 6.38. The summed E-state index contributed by atoms with van der Waals surface area (Å²) >= 11 is 26.0. The molecule has 2 rings (SSSR count). The molecule has 0 radical (unpaired) electrons. The first-order valence-corrected chi connectivity index (χ1v) is 12.2. The molecule has 0 saturated heterocycles. The Labute approximate surface area is 216 Å². The predicted octanol–water partition coefficient (Wildman–Crippen LogP) is 8.11. The van der Waals surface area contributed by atoms with E-state index in [2.05, 4.69) is 0 Å². The topological polar surface area (TPSA) is 58.9 Å². The lowest BCUT2D eigenvalue weighted by Crippen LogP contribution is -2.38. The summed E-state index contributed by atoms with van der Waals surface area (Å²) in [6.45, 7) is 14.4. The molecule has 2 aromatic carbocycles. The van der Waals surface area contributed by atoms with Gasteiger partial charge in [0.15, 0.2) is 11.5 Å². The van der Waals surface area contributed by atoms with Gasteiger partial charge < -0.3 is 19.7 Å². The van der Waals surface area contributed by atoms with E-state index < -0.39 is 17.0 Å².